The summed E-state index contributed by atoms with van der Waals surface area (Å²) < 4.78 is 23.6. The molecule has 0 rings (SSSR count). The molecule has 0 saturated heterocycles. The first kappa shape index (κ1) is 24.2. The molecule has 0 aliphatic carbocycles. The van der Waals surface area contributed by atoms with Gasteiger partial charge in [0.15, 0.2) is 0 Å². The minimum absolute atomic E-state index is 0. The van der Waals surface area contributed by atoms with E-state index in [4.69, 9.17) is 8.62 Å². The van der Waals surface area contributed by atoms with Crippen molar-refractivity contribution in [3.63, 3.8) is 0 Å². The van der Waals surface area contributed by atoms with Gasteiger partial charge in [-0.2, -0.15) is 0 Å². The Labute approximate surface area is 147 Å². The largest absolute Gasteiger partial charge is 1.00 e. The molecule has 120 valence electrons. The predicted octanol–water partition coefficient (Wildman–Crippen LogP) is 1.03. The van der Waals surface area contributed by atoms with Crippen LogP contribution in [0, 0.1) is 0 Å². The third-order valence-electron chi connectivity index (χ3n) is 3.96. The molecule has 0 aromatic rings. The first-order valence-electron chi connectivity index (χ1n) is 6.98. The number of hydrogen-bond donors (Lipinski definition) is 0. The molecule has 0 bridgehead atoms. The van der Waals surface area contributed by atoms with Gasteiger partial charge in [-0.1, -0.05) is 0 Å². The van der Waals surface area contributed by atoms with Crippen LogP contribution in [0.3, 0.4) is 0 Å². The van der Waals surface area contributed by atoms with Gasteiger partial charge in [0.05, 0.1) is 0 Å². The Morgan fingerprint density at radius 3 is 1.35 bits per heavy atom. The smallest absolute Gasteiger partial charge is 1.00 e. The molecule has 1 unspecified atom stereocenters. The zero-order chi connectivity index (χ0) is 15.6. The SMILES string of the molecule is CCP(CC)(CC)(CC)OP(=O)([O-])OP(C)(C)(C)C.[Na+]. The van der Waals surface area contributed by atoms with Gasteiger partial charge in [-0.15, -0.1) is 0 Å². The molecular weight excluding hydrogens is 324 g/mol. The van der Waals surface area contributed by atoms with Gasteiger partial charge < -0.3 is 0 Å². The molecule has 8 heteroatoms. The van der Waals surface area contributed by atoms with E-state index in [1.165, 1.54) is 0 Å². The van der Waals surface area contributed by atoms with E-state index < -0.39 is 21.5 Å². The van der Waals surface area contributed by atoms with Gasteiger partial charge in [0.2, 0.25) is 0 Å². The maximum Gasteiger partial charge on any atom is 1.00 e. The van der Waals surface area contributed by atoms with E-state index in [0.717, 1.165) is 24.6 Å². The first-order valence-corrected chi connectivity index (χ1v) is 15.3. The van der Waals surface area contributed by atoms with Gasteiger partial charge in [0, 0.05) is 0 Å². The second-order valence-corrected chi connectivity index (χ2v) is 22.4. The summed E-state index contributed by atoms with van der Waals surface area (Å²) in [6, 6.07) is 0. The van der Waals surface area contributed by atoms with Crippen molar-refractivity contribution >= 4 is 21.5 Å². The van der Waals surface area contributed by atoms with Gasteiger partial charge in [-0.25, -0.2) is 0 Å². The minimum atomic E-state index is -4.27. The van der Waals surface area contributed by atoms with Gasteiger partial charge in [-0.3, -0.25) is 0 Å². The van der Waals surface area contributed by atoms with E-state index in [0.29, 0.717) is 0 Å². The van der Waals surface area contributed by atoms with Crippen LogP contribution >= 0.6 is 21.5 Å². The van der Waals surface area contributed by atoms with Crippen LogP contribution in [-0.2, 0) is 13.2 Å². The molecule has 0 amide bonds. The van der Waals surface area contributed by atoms with Crippen LogP contribution in [0.5, 0.6) is 0 Å². The van der Waals surface area contributed by atoms with E-state index in [2.05, 4.69) is 0 Å². The first-order chi connectivity index (χ1) is 8.22. The Kier molecular flexibility index (Phi) is 8.78. The monoisotopic (exact) mass is 356 g/mol. The minimum Gasteiger partial charge on any atom is 1.00 e. The molecule has 0 saturated carbocycles. The zero-order valence-electron chi connectivity index (χ0n) is 14.8. The van der Waals surface area contributed by atoms with Crippen LogP contribution in [-0.4, -0.2) is 51.3 Å². The van der Waals surface area contributed by atoms with Gasteiger partial charge in [0.25, 0.3) is 0 Å². The standard InChI is InChI=1S/C12H33O4P3.Na/c1-9-19(10-2,11-3,12-4)16-17(13,14)15-18(5,6,7)8;/h9-12H2,1-8H3,(H,13,14);/q;+1/p-1. The summed E-state index contributed by atoms with van der Waals surface area (Å²) in [7, 11) is -4.27. The van der Waals surface area contributed by atoms with Crippen LogP contribution in [0.2, 0.25) is 0 Å². The number of rotatable bonds is 8. The second kappa shape index (κ2) is 7.25. The molecule has 0 aromatic heterocycles. The number of hydrogen-bond acceptors (Lipinski definition) is 4. The topological polar surface area (TPSA) is 58.6 Å². The molecule has 0 aliphatic rings. The normalized spacial score (nSPS) is 19.9. The van der Waals surface area contributed by atoms with Crippen LogP contribution in [0.4, 0.5) is 0 Å². The van der Waals surface area contributed by atoms with Crippen molar-refractivity contribution < 1.29 is 47.6 Å². The van der Waals surface area contributed by atoms with Crippen molar-refractivity contribution in [3.05, 3.63) is 0 Å². The van der Waals surface area contributed by atoms with Gasteiger partial charge in [0.1, 0.15) is 0 Å². The van der Waals surface area contributed by atoms with Crippen molar-refractivity contribution in [2.75, 3.05) is 51.3 Å². The van der Waals surface area contributed by atoms with Crippen molar-refractivity contribution in [2.45, 2.75) is 27.7 Å². The Bertz CT molecular complexity index is 342. The van der Waals surface area contributed by atoms with Crippen LogP contribution in [0.1, 0.15) is 27.7 Å². The second-order valence-electron chi connectivity index (χ2n) is 7.15. The summed E-state index contributed by atoms with van der Waals surface area (Å²) in [4.78, 5) is 12.4. The Balaban J connectivity index is 0. The summed E-state index contributed by atoms with van der Waals surface area (Å²) in [5.41, 5.74) is 0. The van der Waals surface area contributed by atoms with E-state index >= 15 is 0 Å². The van der Waals surface area contributed by atoms with Crippen molar-refractivity contribution in [2.24, 2.45) is 0 Å². The van der Waals surface area contributed by atoms with Gasteiger partial charge in [-0.05, 0) is 0 Å². The molecule has 0 fully saturated rings. The molecule has 0 aromatic carbocycles. The van der Waals surface area contributed by atoms with E-state index in [1.807, 2.05) is 54.4 Å². The molecule has 4 nitrogen and oxygen atoms in total. The Hall–Kier alpha value is 1.97. The summed E-state index contributed by atoms with van der Waals surface area (Å²) in [6.07, 6.45) is 3.12. The van der Waals surface area contributed by atoms with E-state index in [-0.39, 0.29) is 29.6 Å². The summed E-state index contributed by atoms with van der Waals surface area (Å²) in [6.45, 7) is 10.3. The average Bonchev–Trinajstić information content (AvgIpc) is 2.22. The van der Waals surface area contributed by atoms with E-state index in [9.17, 15) is 9.46 Å². The summed E-state index contributed by atoms with van der Waals surface area (Å²) in [5, 5.41) is 0. The fraction of sp³-hybridized carbons (Fsp3) is 1.00. The fourth-order valence-electron chi connectivity index (χ4n) is 2.27. The molecule has 0 radical (unpaired) electrons. The maximum absolute atomic E-state index is 12.4. The molecule has 20 heavy (non-hydrogen) atoms. The third kappa shape index (κ3) is 7.03. The summed E-state index contributed by atoms with van der Waals surface area (Å²) in [5.74, 6) is 0. The Morgan fingerprint density at radius 1 is 0.850 bits per heavy atom. The summed E-state index contributed by atoms with van der Waals surface area (Å²) >= 11 is 0. The Morgan fingerprint density at radius 2 is 1.15 bits per heavy atom. The number of phosphoric acid groups is 1. The average molecular weight is 356 g/mol. The quantitative estimate of drug-likeness (QED) is 0.482. The molecular formula is C12H32NaO4P3. The zero-order valence-corrected chi connectivity index (χ0v) is 19.5. The fourth-order valence-corrected chi connectivity index (χ4v) is 12.7. The van der Waals surface area contributed by atoms with Gasteiger partial charge >= 0.3 is 148 Å². The molecule has 0 aliphatic heterocycles. The van der Waals surface area contributed by atoms with Crippen LogP contribution in [0.25, 0.3) is 0 Å². The van der Waals surface area contributed by atoms with Crippen LogP contribution < -0.4 is 34.5 Å². The molecule has 1 atom stereocenters. The van der Waals surface area contributed by atoms with Crippen molar-refractivity contribution in [1.82, 2.24) is 0 Å². The molecule has 0 heterocycles. The van der Waals surface area contributed by atoms with E-state index in [1.54, 1.807) is 0 Å². The predicted molar refractivity (Wildman–Crippen MR) is 89.5 cm³/mol. The van der Waals surface area contributed by atoms with Crippen LogP contribution in [0.15, 0.2) is 0 Å². The molecule has 0 N–H and O–H groups in total. The maximum atomic E-state index is 12.4. The molecule has 0 spiro atoms. The third-order valence-corrected chi connectivity index (χ3v) is 16.4. The van der Waals surface area contributed by atoms with Crippen molar-refractivity contribution in [1.29, 1.82) is 0 Å². The van der Waals surface area contributed by atoms with Crippen molar-refractivity contribution in [3.8, 4) is 0 Å².